The molecule has 2 atom stereocenters. The second kappa shape index (κ2) is 8.30. The Balaban J connectivity index is 1.80. The molecule has 1 fully saturated rings. The first-order valence-electron chi connectivity index (χ1n) is 9.09. The first kappa shape index (κ1) is 19.0. The van der Waals surface area contributed by atoms with Crippen molar-refractivity contribution in [2.75, 3.05) is 27.2 Å². The van der Waals surface area contributed by atoms with Gasteiger partial charge in [-0.3, -0.25) is 9.59 Å². The van der Waals surface area contributed by atoms with Gasteiger partial charge < -0.3 is 14.9 Å². The summed E-state index contributed by atoms with van der Waals surface area (Å²) in [7, 11) is 4.02. The number of piperidine rings is 1. The van der Waals surface area contributed by atoms with Crippen LogP contribution in [0.15, 0.2) is 36.9 Å². The molecule has 1 aliphatic heterocycles. The van der Waals surface area contributed by atoms with Crippen molar-refractivity contribution >= 4 is 11.9 Å². The number of benzene rings is 1. The van der Waals surface area contributed by atoms with E-state index in [0.29, 0.717) is 30.8 Å². The molecule has 1 aromatic carbocycles. The molecule has 1 aliphatic rings. The number of aliphatic carboxylic acids is 1. The van der Waals surface area contributed by atoms with Crippen molar-refractivity contribution in [2.45, 2.75) is 25.3 Å². The van der Waals surface area contributed by atoms with Gasteiger partial charge >= 0.3 is 5.97 Å². The van der Waals surface area contributed by atoms with Crippen LogP contribution in [0.25, 0.3) is 5.69 Å². The summed E-state index contributed by atoms with van der Waals surface area (Å²) >= 11 is 0. The minimum atomic E-state index is -0.799. The first-order valence-corrected chi connectivity index (χ1v) is 9.09. The lowest BCUT2D eigenvalue weighted by Crippen LogP contribution is -2.50. The minimum absolute atomic E-state index is 0.0568. The Morgan fingerprint density at radius 3 is 2.74 bits per heavy atom. The first-order chi connectivity index (χ1) is 13.0. The average Bonchev–Trinajstić information content (AvgIpc) is 3.20. The lowest BCUT2D eigenvalue weighted by atomic mass is 9.87. The van der Waals surface area contributed by atoms with Gasteiger partial charge in [0, 0.05) is 25.6 Å². The monoisotopic (exact) mass is 371 g/mol. The fourth-order valence-electron chi connectivity index (χ4n) is 3.83. The molecule has 0 radical (unpaired) electrons. The Labute approximate surface area is 158 Å². The standard InChI is InChI=1S/C19H25N5O3/c1-22(2)16-9-10-23(11-14(16)7-8-18(25)26)19(27)15-5-3-4-6-17(15)24-13-20-12-21-24/h3-6,12-14,16H,7-11H2,1-2H3,(H,25,26)/t14-,16+/m1/s1. The summed E-state index contributed by atoms with van der Waals surface area (Å²) in [4.78, 5) is 32.2. The summed E-state index contributed by atoms with van der Waals surface area (Å²) in [5.74, 6) is -0.724. The maximum absolute atomic E-state index is 13.2. The average molecular weight is 371 g/mol. The largest absolute Gasteiger partial charge is 0.481 e. The van der Waals surface area contributed by atoms with Gasteiger partial charge in [-0.25, -0.2) is 9.67 Å². The van der Waals surface area contributed by atoms with Crippen LogP contribution in [0.5, 0.6) is 0 Å². The summed E-state index contributed by atoms with van der Waals surface area (Å²) in [6.45, 7) is 1.21. The van der Waals surface area contributed by atoms with Gasteiger partial charge in [-0.2, -0.15) is 5.10 Å². The highest BCUT2D eigenvalue weighted by Gasteiger charge is 2.33. The van der Waals surface area contributed by atoms with E-state index in [-0.39, 0.29) is 24.3 Å². The lowest BCUT2D eigenvalue weighted by molar-refractivity contribution is -0.137. The van der Waals surface area contributed by atoms with E-state index in [9.17, 15) is 9.59 Å². The molecule has 1 amide bonds. The molecular weight excluding hydrogens is 346 g/mol. The third-order valence-electron chi connectivity index (χ3n) is 5.17. The smallest absolute Gasteiger partial charge is 0.303 e. The number of nitrogens with zero attached hydrogens (tertiary/aromatic N) is 5. The number of hydrogen-bond donors (Lipinski definition) is 1. The van der Waals surface area contributed by atoms with E-state index in [4.69, 9.17) is 5.11 Å². The van der Waals surface area contributed by atoms with Gasteiger partial charge in [0.2, 0.25) is 0 Å². The van der Waals surface area contributed by atoms with Crippen LogP contribution in [0.2, 0.25) is 0 Å². The molecule has 0 aliphatic carbocycles. The molecule has 0 unspecified atom stereocenters. The van der Waals surface area contributed by atoms with Gasteiger partial charge in [0.1, 0.15) is 12.7 Å². The maximum atomic E-state index is 13.2. The predicted molar refractivity (Wildman–Crippen MR) is 99.7 cm³/mol. The second-order valence-electron chi connectivity index (χ2n) is 7.12. The molecule has 0 saturated carbocycles. The number of aromatic nitrogens is 3. The highest BCUT2D eigenvalue weighted by Crippen LogP contribution is 2.27. The van der Waals surface area contributed by atoms with Gasteiger partial charge in [-0.1, -0.05) is 12.1 Å². The van der Waals surface area contributed by atoms with E-state index < -0.39 is 5.97 Å². The van der Waals surface area contributed by atoms with Crippen LogP contribution in [0.1, 0.15) is 29.6 Å². The van der Waals surface area contributed by atoms with Crippen molar-refractivity contribution in [1.29, 1.82) is 0 Å². The SMILES string of the molecule is CN(C)[C@H]1CCN(C(=O)c2ccccc2-n2cncn2)C[C@H]1CCC(=O)O. The van der Waals surface area contributed by atoms with E-state index in [0.717, 1.165) is 6.42 Å². The Bertz CT molecular complexity index is 790. The molecule has 1 saturated heterocycles. The zero-order valence-corrected chi connectivity index (χ0v) is 15.7. The van der Waals surface area contributed by atoms with Crippen LogP contribution in [-0.4, -0.2) is 74.8 Å². The summed E-state index contributed by atoms with van der Waals surface area (Å²) in [5.41, 5.74) is 1.26. The number of rotatable bonds is 6. The Morgan fingerprint density at radius 2 is 2.07 bits per heavy atom. The third kappa shape index (κ3) is 4.33. The van der Waals surface area contributed by atoms with Crippen molar-refractivity contribution in [2.24, 2.45) is 5.92 Å². The quantitative estimate of drug-likeness (QED) is 0.828. The van der Waals surface area contributed by atoms with Gasteiger partial charge in [0.05, 0.1) is 11.3 Å². The molecular formula is C19H25N5O3. The van der Waals surface area contributed by atoms with E-state index in [1.54, 1.807) is 17.1 Å². The molecule has 2 heterocycles. The second-order valence-corrected chi connectivity index (χ2v) is 7.12. The molecule has 0 spiro atoms. The zero-order valence-electron chi connectivity index (χ0n) is 15.7. The van der Waals surface area contributed by atoms with Crippen LogP contribution in [0, 0.1) is 5.92 Å². The van der Waals surface area contributed by atoms with Crippen molar-refractivity contribution in [3.8, 4) is 5.69 Å². The number of para-hydroxylation sites is 1. The van der Waals surface area contributed by atoms with E-state index in [1.165, 1.54) is 6.33 Å². The van der Waals surface area contributed by atoms with Gasteiger partial charge in [0.15, 0.2) is 0 Å². The molecule has 8 heteroatoms. The number of carboxylic acids is 1. The lowest BCUT2D eigenvalue weighted by Gasteiger charge is -2.41. The Kier molecular flexibility index (Phi) is 5.85. The minimum Gasteiger partial charge on any atom is -0.481 e. The van der Waals surface area contributed by atoms with Crippen molar-refractivity contribution in [3.63, 3.8) is 0 Å². The van der Waals surface area contributed by atoms with Crippen molar-refractivity contribution in [1.82, 2.24) is 24.6 Å². The summed E-state index contributed by atoms with van der Waals surface area (Å²) < 4.78 is 1.59. The molecule has 27 heavy (non-hydrogen) atoms. The fraction of sp³-hybridized carbons (Fsp3) is 0.474. The van der Waals surface area contributed by atoms with Gasteiger partial charge in [0.25, 0.3) is 5.91 Å². The Hall–Kier alpha value is -2.74. The molecule has 8 nitrogen and oxygen atoms in total. The highest BCUT2D eigenvalue weighted by atomic mass is 16.4. The number of likely N-dealkylation sites (tertiary alicyclic amines) is 1. The molecule has 3 rings (SSSR count). The molecule has 1 N–H and O–H groups in total. The van der Waals surface area contributed by atoms with Crippen LogP contribution in [-0.2, 0) is 4.79 Å². The van der Waals surface area contributed by atoms with Crippen molar-refractivity contribution in [3.05, 3.63) is 42.5 Å². The zero-order chi connectivity index (χ0) is 19.4. The van der Waals surface area contributed by atoms with Crippen LogP contribution < -0.4 is 0 Å². The number of carbonyl (C=O) groups is 2. The van der Waals surface area contributed by atoms with E-state index in [2.05, 4.69) is 15.0 Å². The van der Waals surface area contributed by atoms with E-state index >= 15 is 0 Å². The van der Waals surface area contributed by atoms with Crippen LogP contribution in [0.3, 0.4) is 0 Å². The summed E-state index contributed by atoms with van der Waals surface area (Å²) in [6.07, 6.45) is 4.51. The maximum Gasteiger partial charge on any atom is 0.303 e. The molecule has 0 bridgehead atoms. The number of amides is 1. The number of carboxylic acid groups (broad SMARTS) is 1. The van der Waals surface area contributed by atoms with Crippen LogP contribution in [0.4, 0.5) is 0 Å². The van der Waals surface area contributed by atoms with Gasteiger partial charge in [-0.15, -0.1) is 0 Å². The number of carbonyl (C=O) groups excluding carboxylic acids is 1. The summed E-state index contributed by atoms with van der Waals surface area (Å²) in [6, 6.07) is 7.61. The van der Waals surface area contributed by atoms with Crippen molar-refractivity contribution < 1.29 is 14.7 Å². The molecule has 144 valence electrons. The molecule has 2 aromatic rings. The highest BCUT2D eigenvalue weighted by molar-refractivity contribution is 5.97. The van der Waals surface area contributed by atoms with E-state index in [1.807, 2.05) is 37.2 Å². The number of hydrogen-bond acceptors (Lipinski definition) is 5. The Morgan fingerprint density at radius 1 is 1.30 bits per heavy atom. The predicted octanol–water partition coefficient (Wildman–Crippen LogP) is 1.52. The van der Waals surface area contributed by atoms with Gasteiger partial charge in [-0.05, 0) is 45.0 Å². The topological polar surface area (TPSA) is 91.6 Å². The normalized spacial score (nSPS) is 20.0. The van der Waals surface area contributed by atoms with Crippen LogP contribution >= 0.6 is 0 Å². The third-order valence-corrected chi connectivity index (χ3v) is 5.17. The molecule has 1 aromatic heterocycles. The summed E-state index contributed by atoms with van der Waals surface area (Å²) in [5, 5.41) is 13.2. The fourth-order valence-corrected chi connectivity index (χ4v) is 3.83.